The zero-order valence-corrected chi connectivity index (χ0v) is 24.9. The zero-order chi connectivity index (χ0) is 22.3. The number of likely N-dealkylation sites (N-methyl/N-ethyl adjacent to an activating group) is 2. The van der Waals surface area contributed by atoms with E-state index < -0.39 is 0 Å². The van der Waals surface area contributed by atoms with Crippen molar-refractivity contribution in [3.05, 3.63) is 24.3 Å². The summed E-state index contributed by atoms with van der Waals surface area (Å²) in [5.41, 5.74) is 3.42. The number of hydrogen-bond acceptors (Lipinski definition) is 2. The average Bonchev–Trinajstić information content (AvgIpc) is 2.52. The minimum atomic E-state index is 0. The van der Waals surface area contributed by atoms with E-state index in [1.165, 1.54) is 12.3 Å². The molecule has 0 radical (unpaired) electrons. The number of hydrogen-bond donors (Lipinski definition) is 0. The maximum absolute atomic E-state index is 2.37. The fourth-order valence-electron chi connectivity index (χ4n) is 3.00. The van der Waals surface area contributed by atoms with E-state index in [9.17, 15) is 0 Å². The van der Waals surface area contributed by atoms with Crippen molar-refractivity contribution in [2.75, 3.05) is 53.6 Å². The predicted molar refractivity (Wildman–Crippen MR) is 140 cm³/mol. The summed E-state index contributed by atoms with van der Waals surface area (Å²) in [7, 11) is 8.81. The standard InChI is InChI=1S/2C12H26NP.Pd/c2*1-11(2)14(12(3)4)10-8-7-9-13(5)6;/h2*7-8,11-12H,9-10H2,1-6H3;. The largest absolute Gasteiger partial charge is 0.306 e. The van der Waals surface area contributed by atoms with Crippen molar-refractivity contribution in [2.45, 2.75) is 78.0 Å². The summed E-state index contributed by atoms with van der Waals surface area (Å²) in [6.45, 7) is 21.0. The van der Waals surface area contributed by atoms with Gasteiger partial charge >= 0.3 is 0 Å². The molecule has 0 unspecified atom stereocenters. The first-order valence-corrected chi connectivity index (χ1v) is 14.3. The van der Waals surface area contributed by atoms with E-state index in [0.717, 1.165) is 35.7 Å². The van der Waals surface area contributed by atoms with Crippen molar-refractivity contribution < 1.29 is 20.4 Å². The Hall–Kier alpha value is 0.922. The maximum atomic E-state index is 2.37. The van der Waals surface area contributed by atoms with Crippen LogP contribution in [0.2, 0.25) is 0 Å². The van der Waals surface area contributed by atoms with Gasteiger partial charge in [-0.25, -0.2) is 0 Å². The Kier molecular flexibility index (Phi) is 24.8. The molecule has 0 aliphatic carbocycles. The second kappa shape index (κ2) is 20.8. The molecule has 0 saturated heterocycles. The van der Waals surface area contributed by atoms with Crippen molar-refractivity contribution in [3.8, 4) is 0 Å². The Bertz CT molecular complexity index is 352. The molecule has 0 N–H and O–H groups in total. The molecule has 0 aromatic heterocycles. The van der Waals surface area contributed by atoms with Gasteiger partial charge in [0.05, 0.1) is 0 Å². The molecular weight excluding hydrogens is 485 g/mol. The number of allylic oxidation sites excluding steroid dienone is 2. The first-order chi connectivity index (χ1) is 12.9. The summed E-state index contributed by atoms with van der Waals surface area (Å²) in [6.07, 6.45) is 11.9. The normalized spacial score (nSPS) is 12.6. The molecule has 0 aromatic carbocycles. The summed E-state index contributed by atoms with van der Waals surface area (Å²) in [4.78, 5) is 4.40. The molecule has 0 spiro atoms. The Labute approximate surface area is 201 Å². The molecule has 0 rings (SSSR count). The molecule has 0 aliphatic rings. The zero-order valence-electron chi connectivity index (χ0n) is 21.6. The predicted octanol–water partition coefficient (Wildman–Crippen LogP) is 6.80. The molecule has 178 valence electrons. The molecule has 0 fully saturated rings. The minimum Gasteiger partial charge on any atom is -0.306 e. The van der Waals surface area contributed by atoms with Crippen molar-refractivity contribution in [3.63, 3.8) is 0 Å². The summed E-state index contributed by atoms with van der Waals surface area (Å²) in [5.74, 6) is 0. The van der Waals surface area contributed by atoms with Crippen LogP contribution >= 0.6 is 15.8 Å². The molecule has 0 amide bonds. The Balaban J connectivity index is -0.000000451. The van der Waals surface area contributed by atoms with Gasteiger partial charge in [0, 0.05) is 33.5 Å². The minimum absolute atomic E-state index is 0. The average molecular weight is 537 g/mol. The smallest absolute Gasteiger partial charge is 0.0157 e. The van der Waals surface area contributed by atoms with Gasteiger partial charge in [-0.1, -0.05) is 95.5 Å². The van der Waals surface area contributed by atoms with Crippen LogP contribution in [0.25, 0.3) is 0 Å². The van der Waals surface area contributed by atoms with Gasteiger partial charge in [-0.2, -0.15) is 0 Å². The second-order valence-electron chi connectivity index (χ2n) is 9.24. The van der Waals surface area contributed by atoms with Gasteiger partial charge in [0.25, 0.3) is 0 Å². The first kappa shape index (κ1) is 34.5. The Morgan fingerprint density at radius 1 is 0.517 bits per heavy atom. The quantitative estimate of drug-likeness (QED) is 0.154. The Morgan fingerprint density at radius 2 is 0.759 bits per heavy atom. The van der Waals surface area contributed by atoms with Gasteiger partial charge < -0.3 is 9.80 Å². The molecule has 0 aromatic rings. The van der Waals surface area contributed by atoms with E-state index in [0.29, 0.717) is 0 Å². The second-order valence-corrected chi connectivity index (χ2v) is 16.2. The third-order valence-electron chi connectivity index (χ3n) is 4.56. The fraction of sp³-hybridized carbons (Fsp3) is 0.833. The van der Waals surface area contributed by atoms with E-state index in [1.54, 1.807) is 0 Å². The Morgan fingerprint density at radius 3 is 0.931 bits per heavy atom. The monoisotopic (exact) mass is 536 g/mol. The molecule has 0 bridgehead atoms. The topological polar surface area (TPSA) is 6.48 Å². The molecule has 2 nitrogen and oxygen atoms in total. The van der Waals surface area contributed by atoms with Gasteiger partial charge in [-0.3, -0.25) is 0 Å². The summed E-state index contributed by atoms with van der Waals surface area (Å²) < 4.78 is 0. The van der Waals surface area contributed by atoms with Crippen molar-refractivity contribution in [2.24, 2.45) is 0 Å². The van der Waals surface area contributed by atoms with Crippen LogP contribution < -0.4 is 0 Å². The van der Waals surface area contributed by atoms with Crippen LogP contribution in [0.15, 0.2) is 24.3 Å². The van der Waals surface area contributed by atoms with Crippen molar-refractivity contribution in [1.82, 2.24) is 9.80 Å². The molecule has 5 heteroatoms. The van der Waals surface area contributed by atoms with Crippen LogP contribution in [-0.4, -0.2) is 86.0 Å². The van der Waals surface area contributed by atoms with Crippen molar-refractivity contribution >= 4 is 15.8 Å². The SMILES string of the molecule is CC(C)P(CC=CCN(C)C)C(C)C.CC(C)P(CC=CCN(C)C)C(C)C.[Pd]. The van der Waals surface area contributed by atoms with Crippen LogP contribution in [0.5, 0.6) is 0 Å². The van der Waals surface area contributed by atoms with E-state index in [1.807, 2.05) is 0 Å². The van der Waals surface area contributed by atoms with Gasteiger partial charge in [0.2, 0.25) is 0 Å². The van der Waals surface area contributed by atoms with Crippen LogP contribution in [0.3, 0.4) is 0 Å². The summed E-state index contributed by atoms with van der Waals surface area (Å²) in [6, 6.07) is 0. The van der Waals surface area contributed by atoms with Crippen LogP contribution in [0.4, 0.5) is 0 Å². The molecule has 0 heterocycles. The molecule has 0 aliphatic heterocycles. The van der Waals surface area contributed by atoms with Gasteiger partial charge in [-0.15, -0.1) is 0 Å². The molecule has 0 saturated carbocycles. The van der Waals surface area contributed by atoms with E-state index >= 15 is 0 Å². The van der Waals surface area contributed by atoms with E-state index in [2.05, 4.69) is 118 Å². The first-order valence-electron chi connectivity index (χ1n) is 11.0. The third kappa shape index (κ3) is 21.9. The molecular formula is C24H52N2P2Pd. The molecule has 29 heavy (non-hydrogen) atoms. The van der Waals surface area contributed by atoms with Gasteiger partial charge in [0.1, 0.15) is 0 Å². The third-order valence-corrected chi connectivity index (χ3v) is 11.1. The maximum Gasteiger partial charge on any atom is 0.0157 e. The van der Waals surface area contributed by atoms with E-state index in [4.69, 9.17) is 0 Å². The van der Waals surface area contributed by atoms with Gasteiger partial charge in [0.15, 0.2) is 0 Å². The van der Waals surface area contributed by atoms with Crippen molar-refractivity contribution in [1.29, 1.82) is 0 Å². The summed E-state index contributed by atoms with van der Waals surface area (Å²) >= 11 is 0. The van der Waals surface area contributed by atoms with Crippen LogP contribution in [-0.2, 0) is 20.4 Å². The van der Waals surface area contributed by atoms with Crippen LogP contribution in [0.1, 0.15) is 55.4 Å². The number of rotatable bonds is 12. The van der Waals surface area contributed by atoms with Crippen LogP contribution in [0, 0.1) is 0 Å². The fourth-order valence-corrected chi connectivity index (χ4v) is 7.86. The molecule has 0 atom stereocenters. The van der Waals surface area contributed by atoms with E-state index in [-0.39, 0.29) is 36.3 Å². The summed E-state index contributed by atoms with van der Waals surface area (Å²) in [5, 5.41) is 0. The van der Waals surface area contributed by atoms with Gasteiger partial charge in [-0.05, 0) is 63.2 Å². The number of nitrogens with zero attached hydrogens (tertiary/aromatic N) is 2.